The average Bonchev–Trinajstić information content (AvgIpc) is 2.98. The van der Waals surface area contributed by atoms with Crippen molar-refractivity contribution in [3.8, 4) is 0 Å². The van der Waals surface area contributed by atoms with Crippen LogP contribution in [-0.2, 0) is 4.74 Å². The monoisotopic (exact) mass is 272 g/mol. The first-order valence-corrected chi connectivity index (χ1v) is 6.53. The zero-order valence-corrected chi connectivity index (χ0v) is 11.1. The lowest BCUT2D eigenvalue weighted by Crippen LogP contribution is -2.00. The summed E-state index contributed by atoms with van der Waals surface area (Å²) in [7, 11) is 1.34. The van der Waals surface area contributed by atoms with Crippen LogP contribution >= 0.6 is 11.3 Å². The van der Waals surface area contributed by atoms with Crippen LogP contribution in [-0.4, -0.2) is 18.9 Å². The number of thiophene rings is 1. The molecule has 0 aliphatic carbocycles. The fraction of sp³-hybridized carbons (Fsp3) is 0.0667. The van der Waals surface area contributed by atoms with Crippen molar-refractivity contribution in [3.05, 3.63) is 63.9 Å². The van der Waals surface area contributed by atoms with Gasteiger partial charge in [0.05, 0.1) is 17.6 Å². The summed E-state index contributed by atoms with van der Waals surface area (Å²) in [6, 6.07) is 10.5. The first kappa shape index (κ1) is 13.2. The third-order valence-electron chi connectivity index (χ3n) is 2.52. The Hall–Kier alpha value is -2.20. The van der Waals surface area contributed by atoms with E-state index in [4.69, 9.17) is 0 Å². The molecule has 0 N–H and O–H groups in total. The third-order valence-corrected chi connectivity index (χ3v) is 3.41. The van der Waals surface area contributed by atoms with E-state index in [0.717, 1.165) is 5.56 Å². The standard InChI is InChI=1S/C15H12O3S/c1-18-15(17)12-7-4-11(5-8-12)6-9-13(16)14-3-2-10-19-14/h2-10H,1H3. The number of hydrogen-bond donors (Lipinski definition) is 0. The van der Waals surface area contributed by atoms with Crippen molar-refractivity contribution in [2.75, 3.05) is 7.11 Å². The van der Waals surface area contributed by atoms with E-state index in [9.17, 15) is 9.59 Å². The van der Waals surface area contributed by atoms with Gasteiger partial charge in [-0.1, -0.05) is 24.3 Å². The van der Waals surface area contributed by atoms with Gasteiger partial charge in [-0.25, -0.2) is 4.79 Å². The number of allylic oxidation sites excluding steroid dienone is 1. The molecule has 4 heteroatoms. The summed E-state index contributed by atoms with van der Waals surface area (Å²) in [5.41, 5.74) is 1.35. The lowest BCUT2D eigenvalue weighted by Gasteiger charge is -1.99. The van der Waals surface area contributed by atoms with Crippen LogP contribution in [0.5, 0.6) is 0 Å². The largest absolute Gasteiger partial charge is 0.465 e. The van der Waals surface area contributed by atoms with E-state index >= 15 is 0 Å². The van der Waals surface area contributed by atoms with Gasteiger partial charge in [0.25, 0.3) is 0 Å². The molecule has 19 heavy (non-hydrogen) atoms. The molecular weight excluding hydrogens is 260 g/mol. The van der Waals surface area contributed by atoms with Gasteiger partial charge in [-0.15, -0.1) is 11.3 Å². The summed E-state index contributed by atoms with van der Waals surface area (Å²) >= 11 is 1.41. The number of methoxy groups -OCH3 is 1. The molecule has 0 fully saturated rings. The van der Waals surface area contributed by atoms with Gasteiger partial charge in [-0.3, -0.25) is 4.79 Å². The van der Waals surface area contributed by atoms with Crippen LogP contribution in [0.3, 0.4) is 0 Å². The van der Waals surface area contributed by atoms with Crippen LogP contribution in [0.15, 0.2) is 47.9 Å². The summed E-state index contributed by atoms with van der Waals surface area (Å²) in [4.78, 5) is 23.7. The van der Waals surface area contributed by atoms with Crippen LogP contribution < -0.4 is 0 Å². The molecule has 0 amide bonds. The maximum Gasteiger partial charge on any atom is 0.337 e. The molecule has 0 spiro atoms. The highest BCUT2D eigenvalue weighted by Gasteiger charge is 2.04. The highest BCUT2D eigenvalue weighted by molar-refractivity contribution is 7.12. The topological polar surface area (TPSA) is 43.4 Å². The second-order valence-corrected chi connectivity index (χ2v) is 4.74. The van der Waals surface area contributed by atoms with Gasteiger partial charge in [-0.05, 0) is 35.2 Å². The Balaban J connectivity index is 2.07. The van der Waals surface area contributed by atoms with Crippen LogP contribution in [0, 0.1) is 0 Å². The number of ketones is 1. The summed E-state index contributed by atoms with van der Waals surface area (Å²) < 4.78 is 4.61. The van der Waals surface area contributed by atoms with Crippen molar-refractivity contribution in [1.82, 2.24) is 0 Å². The molecule has 0 bridgehead atoms. The van der Waals surface area contributed by atoms with E-state index < -0.39 is 0 Å². The van der Waals surface area contributed by atoms with Gasteiger partial charge in [0, 0.05) is 0 Å². The lowest BCUT2D eigenvalue weighted by molar-refractivity contribution is 0.0600. The zero-order chi connectivity index (χ0) is 13.7. The maximum atomic E-state index is 11.8. The summed E-state index contributed by atoms with van der Waals surface area (Å²) in [5.74, 6) is -0.391. The van der Waals surface area contributed by atoms with Crippen LogP contribution in [0.4, 0.5) is 0 Å². The van der Waals surface area contributed by atoms with Crippen molar-refractivity contribution in [3.63, 3.8) is 0 Å². The Morgan fingerprint density at radius 3 is 2.47 bits per heavy atom. The van der Waals surface area contributed by atoms with Gasteiger partial charge >= 0.3 is 5.97 Å². The number of carbonyl (C=O) groups is 2. The molecule has 1 aromatic heterocycles. The Kier molecular flexibility index (Phi) is 4.26. The molecule has 0 atom stereocenters. The molecule has 1 heterocycles. The quantitative estimate of drug-likeness (QED) is 0.486. The second kappa shape index (κ2) is 6.11. The molecule has 0 aliphatic rings. The van der Waals surface area contributed by atoms with E-state index in [-0.39, 0.29) is 11.8 Å². The third kappa shape index (κ3) is 3.39. The van der Waals surface area contributed by atoms with Gasteiger partial charge in [0.1, 0.15) is 0 Å². The Bertz CT molecular complexity index is 595. The van der Waals surface area contributed by atoms with Crippen molar-refractivity contribution in [2.24, 2.45) is 0 Å². The van der Waals surface area contributed by atoms with Crippen molar-refractivity contribution < 1.29 is 14.3 Å². The molecule has 0 radical (unpaired) electrons. The summed E-state index contributed by atoms with van der Waals surface area (Å²) in [6.45, 7) is 0. The molecule has 0 unspecified atom stereocenters. The average molecular weight is 272 g/mol. The smallest absolute Gasteiger partial charge is 0.337 e. The molecule has 3 nitrogen and oxygen atoms in total. The van der Waals surface area contributed by atoms with Gasteiger partial charge < -0.3 is 4.74 Å². The fourth-order valence-corrected chi connectivity index (χ4v) is 2.17. The maximum absolute atomic E-state index is 11.8. The zero-order valence-electron chi connectivity index (χ0n) is 10.3. The Morgan fingerprint density at radius 1 is 1.16 bits per heavy atom. The molecule has 96 valence electrons. The van der Waals surface area contributed by atoms with Crippen molar-refractivity contribution in [1.29, 1.82) is 0 Å². The predicted octanol–water partition coefficient (Wildman–Crippen LogP) is 3.43. The normalized spacial score (nSPS) is 10.6. The molecule has 2 rings (SSSR count). The molecule has 1 aromatic carbocycles. The molecule has 0 saturated carbocycles. The van der Waals surface area contributed by atoms with Crippen molar-refractivity contribution in [2.45, 2.75) is 0 Å². The number of esters is 1. The van der Waals surface area contributed by atoms with Crippen molar-refractivity contribution >= 4 is 29.2 Å². The Labute approximate surface area is 115 Å². The SMILES string of the molecule is COC(=O)c1ccc(C=CC(=O)c2cccs2)cc1. The Morgan fingerprint density at radius 2 is 1.89 bits per heavy atom. The van der Waals surface area contributed by atoms with E-state index in [0.29, 0.717) is 10.4 Å². The van der Waals surface area contributed by atoms with Crippen LogP contribution in [0.2, 0.25) is 0 Å². The molecule has 0 saturated heterocycles. The summed E-state index contributed by atoms with van der Waals surface area (Å²) in [5, 5.41) is 1.87. The number of ether oxygens (including phenoxy) is 1. The summed E-state index contributed by atoms with van der Waals surface area (Å²) in [6.07, 6.45) is 3.25. The fourth-order valence-electron chi connectivity index (χ4n) is 1.52. The molecule has 0 aliphatic heterocycles. The van der Waals surface area contributed by atoms with E-state index in [1.54, 1.807) is 36.4 Å². The molecular formula is C15H12O3S. The van der Waals surface area contributed by atoms with E-state index in [1.165, 1.54) is 24.5 Å². The first-order valence-electron chi connectivity index (χ1n) is 5.65. The van der Waals surface area contributed by atoms with E-state index in [1.807, 2.05) is 11.4 Å². The second-order valence-electron chi connectivity index (χ2n) is 3.79. The van der Waals surface area contributed by atoms with Gasteiger partial charge in [0.15, 0.2) is 5.78 Å². The number of rotatable bonds is 4. The highest BCUT2D eigenvalue weighted by Crippen LogP contribution is 2.12. The number of carbonyl (C=O) groups excluding carboxylic acids is 2. The molecule has 2 aromatic rings. The number of benzene rings is 1. The van der Waals surface area contributed by atoms with Crippen LogP contribution in [0.25, 0.3) is 6.08 Å². The predicted molar refractivity (Wildman–Crippen MR) is 75.5 cm³/mol. The minimum Gasteiger partial charge on any atom is -0.465 e. The highest BCUT2D eigenvalue weighted by atomic mass is 32.1. The number of hydrogen-bond acceptors (Lipinski definition) is 4. The van der Waals surface area contributed by atoms with Gasteiger partial charge in [-0.2, -0.15) is 0 Å². The van der Waals surface area contributed by atoms with Crippen LogP contribution in [0.1, 0.15) is 25.6 Å². The first-order chi connectivity index (χ1) is 9.20. The van der Waals surface area contributed by atoms with Gasteiger partial charge in [0.2, 0.25) is 0 Å². The van der Waals surface area contributed by atoms with E-state index in [2.05, 4.69) is 4.74 Å². The lowest BCUT2D eigenvalue weighted by atomic mass is 10.1. The minimum atomic E-state index is -0.370. The minimum absolute atomic E-state index is 0.0213.